The number of rotatable bonds is 7. The highest BCUT2D eigenvalue weighted by atomic mass is 16.4. The smallest absolute Gasteiger partial charge is 0.326 e. The van der Waals surface area contributed by atoms with Crippen LogP contribution in [0.2, 0.25) is 0 Å². The Labute approximate surface area is 111 Å². The summed E-state index contributed by atoms with van der Waals surface area (Å²) in [6, 6.07) is 0.835. The van der Waals surface area contributed by atoms with Gasteiger partial charge in [-0.05, 0) is 12.5 Å². The molecule has 2 N–H and O–H groups in total. The average molecular weight is 266 g/mol. The summed E-state index contributed by atoms with van der Waals surface area (Å²) in [5.41, 5.74) is 0. The van der Waals surface area contributed by atoms with E-state index in [9.17, 15) is 9.59 Å². The Hall–Kier alpha value is -2.18. The molecule has 0 aromatic carbocycles. The first-order valence-corrected chi connectivity index (χ1v) is 6.05. The van der Waals surface area contributed by atoms with Gasteiger partial charge in [-0.25, -0.2) is 14.8 Å². The quantitative estimate of drug-likeness (QED) is 0.736. The van der Waals surface area contributed by atoms with E-state index >= 15 is 0 Å². The number of aliphatic carboxylic acids is 1. The standard InChI is InChI=1S/C12H18N4O3/c1-3-5-9(11(18)19)15-10(17)8-16(2)12-13-6-4-7-14-12/h4,6-7,9H,3,5,8H2,1-2H3,(H,15,17)(H,18,19). The number of nitrogens with one attached hydrogen (secondary N) is 1. The fourth-order valence-corrected chi connectivity index (χ4v) is 1.56. The summed E-state index contributed by atoms with van der Waals surface area (Å²) in [6.45, 7) is 1.88. The molecule has 0 bridgehead atoms. The zero-order chi connectivity index (χ0) is 14.3. The number of anilines is 1. The number of aromatic nitrogens is 2. The Morgan fingerprint density at radius 1 is 1.42 bits per heavy atom. The number of carboxylic acid groups (broad SMARTS) is 1. The molecule has 0 aliphatic carbocycles. The van der Waals surface area contributed by atoms with Crippen LogP contribution < -0.4 is 10.2 Å². The highest BCUT2D eigenvalue weighted by Gasteiger charge is 2.19. The molecule has 1 heterocycles. The van der Waals surface area contributed by atoms with Crippen LogP contribution in [0.5, 0.6) is 0 Å². The van der Waals surface area contributed by atoms with Gasteiger partial charge in [-0.1, -0.05) is 13.3 Å². The van der Waals surface area contributed by atoms with Crippen molar-refractivity contribution < 1.29 is 14.7 Å². The van der Waals surface area contributed by atoms with E-state index in [1.165, 1.54) is 0 Å². The van der Waals surface area contributed by atoms with Gasteiger partial charge in [0.1, 0.15) is 6.04 Å². The highest BCUT2D eigenvalue weighted by Crippen LogP contribution is 2.02. The van der Waals surface area contributed by atoms with Gasteiger partial charge in [-0.15, -0.1) is 0 Å². The molecule has 104 valence electrons. The van der Waals surface area contributed by atoms with Crippen molar-refractivity contribution in [1.29, 1.82) is 0 Å². The first kappa shape index (κ1) is 14.9. The molecular formula is C12H18N4O3. The van der Waals surface area contributed by atoms with Crippen molar-refractivity contribution in [3.8, 4) is 0 Å². The maximum Gasteiger partial charge on any atom is 0.326 e. The number of carbonyl (C=O) groups excluding carboxylic acids is 1. The molecule has 7 heteroatoms. The van der Waals surface area contributed by atoms with Crippen molar-refractivity contribution in [3.63, 3.8) is 0 Å². The van der Waals surface area contributed by atoms with Gasteiger partial charge in [0.25, 0.3) is 0 Å². The first-order valence-electron chi connectivity index (χ1n) is 6.05. The van der Waals surface area contributed by atoms with E-state index < -0.39 is 12.0 Å². The number of amides is 1. The zero-order valence-electron chi connectivity index (χ0n) is 11.0. The topological polar surface area (TPSA) is 95.4 Å². The molecule has 7 nitrogen and oxygen atoms in total. The summed E-state index contributed by atoms with van der Waals surface area (Å²) >= 11 is 0. The Balaban J connectivity index is 2.52. The largest absolute Gasteiger partial charge is 0.480 e. The number of carbonyl (C=O) groups is 2. The molecular weight excluding hydrogens is 248 g/mol. The van der Waals surface area contributed by atoms with Gasteiger partial charge in [0.15, 0.2) is 0 Å². The minimum atomic E-state index is -1.02. The molecule has 1 unspecified atom stereocenters. The molecule has 1 aromatic rings. The summed E-state index contributed by atoms with van der Waals surface area (Å²) in [5, 5.41) is 11.4. The van der Waals surface area contributed by atoms with Gasteiger partial charge in [0.05, 0.1) is 6.54 Å². The normalized spacial score (nSPS) is 11.7. The van der Waals surface area contributed by atoms with Crippen LogP contribution in [0.25, 0.3) is 0 Å². The fraction of sp³-hybridized carbons (Fsp3) is 0.500. The molecule has 0 saturated carbocycles. The Bertz CT molecular complexity index is 424. The van der Waals surface area contributed by atoms with E-state index in [0.717, 1.165) is 0 Å². The minimum absolute atomic E-state index is 0.0114. The monoisotopic (exact) mass is 266 g/mol. The summed E-state index contributed by atoms with van der Waals surface area (Å²) in [4.78, 5) is 32.2. The second-order valence-corrected chi connectivity index (χ2v) is 4.15. The lowest BCUT2D eigenvalue weighted by atomic mass is 10.1. The molecule has 0 saturated heterocycles. The summed E-state index contributed by atoms with van der Waals surface area (Å²) in [6.07, 6.45) is 4.25. The highest BCUT2D eigenvalue weighted by molar-refractivity contribution is 5.86. The van der Waals surface area contributed by atoms with Crippen LogP contribution in [0.3, 0.4) is 0 Å². The maximum atomic E-state index is 11.7. The van der Waals surface area contributed by atoms with E-state index in [-0.39, 0.29) is 12.5 Å². The van der Waals surface area contributed by atoms with Crippen LogP contribution >= 0.6 is 0 Å². The van der Waals surface area contributed by atoms with Gasteiger partial charge in [-0.2, -0.15) is 0 Å². The van der Waals surface area contributed by atoms with E-state index in [4.69, 9.17) is 5.11 Å². The minimum Gasteiger partial charge on any atom is -0.480 e. The van der Waals surface area contributed by atoms with Gasteiger partial charge in [0, 0.05) is 19.4 Å². The molecule has 19 heavy (non-hydrogen) atoms. The molecule has 0 aliphatic rings. The van der Waals surface area contributed by atoms with Crippen LogP contribution in [-0.2, 0) is 9.59 Å². The summed E-state index contributed by atoms with van der Waals surface area (Å²) in [7, 11) is 1.67. The van der Waals surface area contributed by atoms with Gasteiger partial charge in [-0.3, -0.25) is 4.79 Å². The van der Waals surface area contributed by atoms with E-state index in [2.05, 4.69) is 15.3 Å². The van der Waals surface area contributed by atoms with Crippen LogP contribution in [0, 0.1) is 0 Å². The Kier molecular flexibility index (Phi) is 5.72. The molecule has 1 aromatic heterocycles. The fourth-order valence-electron chi connectivity index (χ4n) is 1.56. The zero-order valence-corrected chi connectivity index (χ0v) is 11.0. The average Bonchev–Trinajstić information content (AvgIpc) is 2.39. The lowest BCUT2D eigenvalue weighted by molar-refractivity contribution is -0.141. The van der Waals surface area contributed by atoms with E-state index in [0.29, 0.717) is 18.8 Å². The molecule has 0 radical (unpaired) electrons. The third-order valence-electron chi connectivity index (χ3n) is 2.49. The SMILES string of the molecule is CCCC(NC(=O)CN(C)c1ncccn1)C(=O)O. The number of hydrogen-bond donors (Lipinski definition) is 2. The van der Waals surface area contributed by atoms with Crippen molar-refractivity contribution in [2.75, 3.05) is 18.5 Å². The Morgan fingerprint density at radius 2 is 2.05 bits per heavy atom. The van der Waals surface area contributed by atoms with Crippen molar-refractivity contribution in [2.24, 2.45) is 0 Å². The van der Waals surface area contributed by atoms with Gasteiger partial charge < -0.3 is 15.3 Å². The molecule has 0 fully saturated rings. The maximum absolute atomic E-state index is 11.7. The molecule has 1 amide bonds. The Morgan fingerprint density at radius 3 is 2.58 bits per heavy atom. The second-order valence-electron chi connectivity index (χ2n) is 4.15. The third kappa shape index (κ3) is 4.90. The van der Waals surface area contributed by atoms with Crippen LogP contribution in [0.15, 0.2) is 18.5 Å². The van der Waals surface area contributed by atoms with E-state index in [1.54, 1.807) is 30.4 Å². The molecule has 0 aliphatic heterocycles. The van der Waals surface area contributed by atoms with Crippen LogP contribution in [0.1, 0.15) is 19.8 Å². The van der Waals surface area contributed by atoms with E-state index in [1.807, 2.05) is 6.92 Å². The number of nitrogens with zero attached hydrogens (tertiary/aromatic N) is 3. The number of hydrogen-bond acceptors (Lipinski definition) is 5. The van der Waals surface area contributed by atoms with Crippen LogP contribution in [-0.4, -0.2) is 46.6 Å². The predicted molar refractivity (Wildman–Crippen MR) is 69.8 cm³/mol. The van der Waals surface area contributed by atoms with Gasteiger partial charge in [0.2, 0.25) is 11.9 Å². The first-order chi connectivity index (χ1) is 9.04. The molecule has 0 spiro atoms. The predicted octanol–water partition coefficient (Wildman–Crippen LogP) is 0.282. The van der Waals surface area contributed by atoms with Crippen LogP contribution in [0.4, 0.5) is 5.95 Å². The second kappa shape index (κ2) is 7.30. The van der Waals surface area contributed by atoms with Crippen molar-refractivity contribution >= 4 is 17.8 Å². The molecule has 1 atom stereocenters. The lowest BCUT2D eigenvalue weighted by Crippen LogP contribution is -2.45. The van der Waals surface area contributed by atoms with Gasteiger partial charge >= 0.3 is 5.97 Å². The summed E-state index contributed by atoms with van der Waals surface area (Å²) in [5.74, 6) is -0.968. The summed E-state index contributed by atoms with van der Waals surface area (Å²) < 4.78 is 0. The van der Waals surface area contributed by atoms with Crippen molar-refractivity contribution in [2.45, 2.75) is 25.8 Å². The van der Waals surface area contributed by atoms with Crippen molar-refractivity contribution in [1.82, 2.24) is 15.3 Å². The number of likely N-dealkylation sites (N-methyl/N-ethyl adjacent to an activating group) is 1. The number of carboxylic acids is 1. The lowest BCUT2D eigenvalue weighted by Gasteiger charge is -2.18. The third-order valence-corrected chi connectivity index (χ3v) is 2.49. The molecule has 1 rings (SSSR count). The van der Waals surface area contributed by atoms with Crippen molar-refractivity contribution in [3.05, 3.63) is 18.5 Å².